The van der Waals surface area contributed by atoms with Crippen molar-refractivity contribution in [3.05, 3.63) is 40.6 Å². The zero-order valence-corrected chi connectivity index (χ0v) is 11.1. The quantitative estimate of drug-likeness (QED) is 0.691. The number of halogens is 1. The molecule has 0 saturated carbocycles. The molecule has 0 aliphatic carbocycles. The lowest BCUT2D eigenvalue weighted by molar-refractivity contribution is 0.937. The minimum absolute atomic E-state index is 0.841. The Morgan fingerprint density at radius 1 is 1.18 bits per heavy atom. The predicted octanol–water partition coefficient (Wildman–Crippen LogP) is 2.81. The van der Waals surface area contributed by atoms with Crippen LogP contribution in [0.1, 0.15) is 5.69 Å². The highest BCUT2D eigenvalue weighted by Crippen LogP contribution is 2.23. The maximum absolute atomic E-state index is 4.57. The summed E-state index contributed by atoms with van der Waals surface area (Å²) in [5.74, 6) is 1.75. The van der Waals surface area contributed by atoms with Gasteiger partial charge >= 0.3 is 0 Å². The van der Waals surface area contributed by atoms with Gasteiger partial charge in [-0.1, -0.05) is 30.3 Å². The number of hydrogen-bond acceptors (Lipinski definition) is 2. The van der Waals surface area contributed by atoms with Gasteiger partial charge in [0.05, 0.1) is 5.69 Å². The van der Waals surface area contributed by atoms with Gasteiger partial charge in [-0.15, -0.1) is 5.10 Å². The second-order valence-corrected chi connectivity index (χ2v) is 4.70. The third kappa shape index (κ3) is 1.50. The summed E-state index contributed by atoms with van der Waals surface area (Å²) in [7, 11) is 1.98. The molecule has 17 heavy (non-hydrogen) atoms. The van der Waals surface area contributed by atoms with E-state index >= 15 is 0 Å². The molecule has 2 heterocycles. The summed E-state index contributed by atoms with van der Waals surface area (Å²) in [4.78, 5) is 4.47. The van der Waals surface area contributed by atoms with E-state index in [0.29, 0.717) is 0 Å². The third-order valence-electron chi connectivity index (χ3n) is 2.79. The van der Waals surface area contributed by atoms with E-state index < -0.39 is 0 Å². The summed E-state index contributed by atoms with van der Waals surface area (Å²) in [5, 5.41) is 4.57. The number of rotatable bonds is 1. The van der Waals surface area contributed by atoms with Crippen LogP contribution in [0.4, 0.5) is 0 Å². The second kappa shape index (κ2) is 3.70. The molecular formula is C12H11BrN4. The largest absolute Gasteiger partial charge is 0.296 e. The van der Waals surface area contributed by atoms with Gasteiger partial charge in [-0.2, -0.15) is 4.52 Å². The molecule has 0 amide bonds. The summed E-state index contributed by atoms with van der Waals surface area (Å²) in [6.07, 6.45) is 0. The van der Waals surface area contributed by atoms with Crippen LogP contribution in [0.3, 0.4) is 0 Å². The molecule has 0 radical (unpaired) electrons. The molecule has 3 aromatic rings. The fourth-order valence-corrected chi connectivity index (χ4v) is 2.21. The van der Waals surface area contributed by atoms with Crippen molar-refractivity contribution >= 4 is 21.7 Å². The van der Waals surface area contributed by atoms with Crippen LogP contribution in [0.5, 0.6) is 0 Å². The molecule has 1 aromatic carbocycles. The average Bonchev–Trinajstić information content (AvgIpc) is 2.81. The Kier molecular flexibility index (Phi) is 2.29. The fraction of sp³-hybridized carbons (Fsp3) is 0.167. The fourth-order valence-electron chi connectivity index (χ4n) is 1.89. The van der Waals surface area contributed by atoms with E-state index in [4.69, 9.17) is 0 Å². The van der Waals surface area contributed by atoms with Gasteiger partial charge in [0.15, 0.2) is 5.82 Å². The minimum Gasteiger partial charge on any atom is -0.296 e. The molecule has 0 aliphatic heterocycles. The van der Waals surface area contributed by atoms with Crippen LogP contribution in [-0.2, 0) is 7.05 Å². The van der Waals surface area contributed by atoms with Crippen molar-refractivity contribution < 1.29 is 0 Å². The SMILES string of the molecule is Cc1nc2n(C)c(-c3ccccc3)nn2c1Br. The molecule has 3 rings (SSSR count). The molecule has 0 fully saturated rings. The topological polar surface area (TPSA) is 35.1 Å². The van der Waals surface area contributed by atoms with E-state index in [0.717, 1.165) is 27.5 Å². The predicted molar refractivity (Wildman–Crippen MR) is 69.8 cm³/mol. The first-order valence-corrected chi connectivity index (χ1v) is 6.11. The molecule has 0 N–H and O–H groups in total. The van der Waals surface area contributed by atoms with Gasteiger partial charge in [0, 0.05) is 12.6 Å². The summed E-state index contributed by atoms with van der Waals surface area (Å²) in [6, 6.07) is 10.1. The van der Waals surface area contributed by atoms with E-state index in [1.165, 1.54) is 0 Å². The van der Waals surface area contributed by atoms with E-state index in [9.17, 15) is 0 Å². The molecule has 5 heteroatoms. The minimum atomic E-state index is 0.841. The van der Waals surface area contributed by atoms with E-state index in [1.54, 1.807) is 0 Å². The first kappa shape index (κ1) is 10.5. The highest BCUT2D eigenvalue weighted by Gasteiger charge is 2.15. The zero-order valence-electron chi connectivity index (χ0n) is 9.55. The van der Waals surface area contributed by atoms with Crippen LogP contribution in [0, 0.1) is 6.92 Å². The molecule has 0 aliphatic rings. The smallest absolute Gasteiger partial charge is 0.233 e. The Balaban J connectivity index is 2.29. The Hall–Kier alpha value is -1.62. The monoisotopic (exact) mass is 290 g/mol. The van der Waals surface area contributed by atoms with E-state index in [2.05, 4.69) is 26.0 Å². The van der Waals surface area contributed by atoms with Gasteiger partial charge in [0.1, 0.15) is 4.60 Å². The highest BCUT2D eigenvalue weighted by molar-refractivity contribution is 9.10. The van der Waals surface area contributed by atoms with Crippen LogP contribution >= 0.6 is 15.9 Å². The van der Waals surface area contributed by atoms with Crippen LogP contribution in [0.25, 0.3) is 17.2 Å². The molecule has 0 bridgehead atoms. The number of fused-ring (bicyclic) bond motifs is 1. The van der Waals surface area contributed by atoms with Crippen molar-refractivity contribution in [1.82, 2.24) is 19.2 Å². The van der Waals surface area contributed by atoms with Crippen LogP contribution in [0.2, 0.25) is 0 Å². The van der Waals surface area contributed by atoms with Crippen LogP contribution in [-0.4, -0.2) is 19.2 Å². The normalized spacial score (nSPS) is 11.2. The molecule has 2 aromatic heterocycles. The number of hydrogen-bond donors (Lipinski definition) is 0. The van der Waals surface area contributed by atoms with Gasteiger partial charge in [-0.05, 0) is 22.9 Å². The van der Waals surface area contributed by atoms with Gasteiger partial charge in [0.2, 0.25) is 5.78 Å². The van der Waals surface area contributed by atoms with Crippen LogP contribution < -0.4 is 0 Å². The summed E-state index contributed by atoms with van der Waals surface area (Å²) in [6.45, 7) is 1.96. The second-order valence-electron chi connectivity index (χ2n) is 3.95. The molecule has 86 valence electrons. The molecule has 4 nitrogen and oxygen atoms in total. The Bertz CT molecular complexity index is 681. The highest BCUT2D eigenvalue weighted by atomic mass is 79.9. The Morgan fingerprint density at radius 2 is 1.88 bits per heavy atom. The maximum Gasteiger partial charge on any atom is 0.233 e. The summed E-state index contributed by atoms with van der Waals surface area (Å²) in [5.41, 5.74) is 2.03. The van der Waals surface area contributed by atoms with E-state index in [1.807, 2.05) is 53.4 Å². The Labute approximate surface area is 107 Å². The van der Waals surface area contributed by atoms with Gasteiger partial charge < -0.3 is 0 Å². The van der Waals surface area contributed by atoms with Crippen molar-refractivity contribution in [1.29, 1.82) is 0 Å². The number of aromatic nitrogens is 4. The number of nitrogens with zero attached hydrogens (tertiary/aromatic N) is 4. The van der Waals surface area contributed by atoms with Gasteiger partial charge in [-0.3, -0.25) is 4.57 Å². The van der Waals surface area contributed by atoms with Crippen molar-refractivity contribution in [2.24, 2.45) is 7.05 Å². The summed E-state index contributed by atoms with van der Waals surface area (Å²) < 4.78 is 4.72. The number of benzene rings is 1. The summed E-state index contributed by atoms with van der Waals surface area (Å²) >= 11 is 3.50. The third-order valence-corrected chi connectivity index (χ3v) is 3.70. The standard InChI is InChI=1S/C12H11BrN4/c1-8-10(13)17-12(14-8)16(2)11(15-17)9-6-4-3-5-7-9/h3-7H,1-2H3. The number of imidazole rings is 1. The van der Waals surface area contributed by atoms with Crippen molar-refractivity contribution in [3.63, 3.8) is 0 Å². The maximum atomic E-state index is 4.57. The van der Waals surface area contributed by atoms with Crippen molar-refractivity contribution in [3.8, 4) is 11.4 Å². The van der Waals surface area contributed by atoms with Crippen LogP contribution in [0.15, 0.2) is 34.9 Å². The van der Waals surface area contributed by atoms with E-state index in [-0.39, 0.29) is 0 Å². The van der Waals surface area contributed by atoms with Crippen molar-refractivity contribution in [2.75, 3.05) is 0 Å². The number of aryl methyl sites for hydroxylation is 2. The zero-order chi connectivity index (χ0) is 12.0. The lowest BCUT2D eigenvalue weighted by atomic mass is 10.2. The average molecular weight is 291 g/mol. The molecule has 0 saturated heterocycles. The Morgan fingerprint density at radius 3 is 2.53 bits per heavy atom. The van der Waals surface area contributed by atoms with Gasteiger partial charge in [0.25, 0.3) is 0 Å². The molecular weight excluding hydrogens is 280 g/mol. The molecule has 0 spiro atoms. The lowest BCUT2D eigenvalue weighted by Gasteiger charge is -1.99. The molecule has 0 unspecified atom stereocenters. The first-order chi connectivity index (χ1) is 8.18. The first-order valence-electron chi connectivity index (χ1n) is 5.31. The lowest BCUT2D eigenvalue weighted by Crippen LogP contribution is -1.93. The molecule has 0 atom stereocenters. The van der Waals surface area contributed by atoms with Gasteiger partial charge in [-0.25, -0.2) is 4.98 Å². The van der Waals surface area contributed by atoms with Crippen molar-refractivity contribution in [2.45, 2.75) is 6.92 Å².